The molecule has 0 aliphatic carbocycles. The molecule has 1 aromatic rings. The number of rotatable bonds is 16. The summed E-state index contributed by atoms with van der Waals surface area (Å²) in [5, 5.41) is 8.96. The van der Waals surface area contributed by atoms with Crippen molar-refractivity contribution in [1.82, 2.24) is 9.55 Å². The van der Waals surface area contributed by atoms with Crippen LogP contribution in [0.15, 0.2) is 15.8 Å². The number of aromatic amines is 1. The second-order valence-electron chi connectivity index (χ2n) is 8.75. The van der Waals surface area contributed by atoms with Crippen LogP contribution < -0.4 is 11.2 Å². The van der Waals surface area contributed by atoms with Crippen molar-refractivity contribution in [2.24, 2.45) is 5.92 Å². The second kappa shape index (κ2) is 14.7. The first kappa shape index (κ1) is 31.9. The predicted molar refractivity (Wildman–Crippen MR) is 133 cm³/mol. The van der Waals surface area contributed by atoms with E-state index in [1.54, 1.807) is 20.8 Å². The van der Waals surface area contributed by atoms with Crippen LogP contribution >= 0.6 is 7.60 Å². The topological polar surface area (TPSA) is 182 Å². The standard InChI is InChI=1S/C23H37N2O12P/c1-6-34-38(31,35-7-2)13-15(4)18-19(36-17(28)9-8-16(26)27)20(33-11-10-32-5)22(37-18)25-12-14(3)21(29)24-23(25)30/h12,15,18-20,22H,6-11,13H2,1-5H3,(H,26,27)(H,24,29,30)/t15-,18+,19+,20+,22?/m0/s1. The number of aromatic nitrogens is 2. The van der Waals surface area contributed by atoms with E-state index < -0.39 is 74.1 Å². The highest BCUT2D eigenvalue weighted by atomic mass is 31.2. The minimum absolute atomic E-state index is 0.0405. The third-order valence-corrected chi connectivity index (χ3v) is 8.10. The molecule has 38 heavy (non-hydrogen) atoms. The lowest BCUT2D eigenvalue weighted by molar-refractivity contribution is -0.161. The lowest BCUT2D eigenvalue weighted by atomic mass is 9.99. The molecule has 1 aliphatic rings. The fourth-order valence-electron chi connectivity index (χ4n) is 4.11. The second-order valence-corrected chi connectivity index (χ2v) is 10.9. The highest BCUT2D eigenvalue weighted by Gasteiger charge is 2.52. The Hall–Kier alpha value is -2.35. The number of esters is 1. The average molecular weight is 565 g/mol. The summed E-state index contributed by atoms with van der Waals surface area (Å²) >= 11 is 0. The molecule has 0 aromatic carbocycles. The van der Waals surface area contributed by atoms with Crippen LogP contribution in [0, 0.1) is 12.8 Å². The molecule has 216 valence electrons. The van der Waals surface area contributed by atoms with Crippen LogP contribution in [0.1, 0.15) is 45.4 Å². The summed E-state index contributed by atoms with van der Waals surface area (Å²) in [6.07, 6.45) is -3.96. The third-order valence-electron chi connectivity index (χ3n) is 5.78. The van der Waals surface area contributed by atoms with Gasteiger partial charge in [0.15, 0.2) is 12.3 Å². The summed E-state index contributed by atoms with van der Waals surface area (Å²) < 4.78 is 48.1. The molecule has 1 unspecified atom stereocenters. The number of carbonyl (C=O) groups is 2. The first-order valence-electron chi connectivity index (χ1n) is 12.3. The largest absolute Gasteiger partial charge is 0.481 e. The van der Waals surface area contributed by atoms with Crippen LogP contribution in [-0.4, -0.2) is 84.6 Å². The van der Waals surface area contributed by atoms with Crippen molar-refractivity contribution in [1.29, 1.82) is 0 Å². The van der Waals surface area contributed by atoms with E-state index in [4.69, 9.17) is 33.1 Å². The summed E-state index contributed by atoms with van der Waals surface area (Å²) in [5.41, 5.74) is -1.12. The van der Waals surface area contributed by atoms with E-state index in [1.165, 1.54) is 20.2 Å². The number of carboxylic acids is 1. The molecule has 1 saturated heterocycles. The van der Waals surface area contributed by atoms with Gasteiger partial charge >= 0.3 is 25.2 Å². The Kier molecular flexibility index (Phi) is 12.3. The van der Waals surface area contributed by atoms with Crippen molar-refractivity contribution < 1.29 is 47.3 Å². The summed E-state index contributed by atoms with van der Waals surface area (Å²) in [5.74, 6) is -2.60. The van der Waals surface area contributed by atoms with Gasteiger partial charge in [0.2, 0.25) is 0 Å². The summed E-state index contributed by atoms with van der Waals surface area (Å²) in [4.78, 5) is 50.5. The molecular formula is C23H37N2O12P. The molecule has 0 amide bonds. The molecule has 2 heterocycles. The van der Waals surface area contributed by atoms with Crippen LogP contribution in [0.5, 0.6) is 0 Å². The molecule has 1 aromatic heterocycles. The lowest BCUT2D eigenvalue weighted by Gasteiger charge is -2.28. The van der Waals surface area contributed by atoms with E-state index in [0.29, 0.717) is 0 Å². The molecule has 0 radical (unpaired) electrons. The number of hydrogen-bond donors (Lipinski definition) is 2. The molecule has 1 fully saturated rings. The van der Waals surface area contributed by atoms with E-state index in [-0.39, 0.29) is 38.2 Å². The van der Waals surface area contributed by atoms with Crippen LogP contribution in [0.2, 0.25) is 0 Å². The van der Waals surface area contributed by atoms with E-state index in [1.807, 2.05) is 0 Å². The first-order chi connectivity index (χ1) is 18.0. The fraction of sp³-hybridized carbons (Fsp3) is 0.739. The fourth-order valence-corrected chi connectivity index (χ4v) is 6.10. The number of hydrogen-bond acceptors (Lipinski definition) is 11. The first-order valence-corrected chi connectivity index (χ1v) is 14.1. The number of aryl methyl sites for hydroxylation is 1. The van der Waals surface area contributed by atoms with Crippen molar-refractivity contribution in [2.75, 3.05) is 39.7 Å². The molecule has 0 saturated carbocycles. The van der Waals surface area contributed by atoms with Crippen molar-refractivity contribution in [3.63, 3.8) is 0 Å². The monoisotopic (exact) mass is 564 g/mol. The highest BCUT2D eigenvalue weighted by Crippen LogP contribution is 2.51. The van der Waals surface area contributed by atoms with E-state index in [2.05, 4.69) is 4.98 Å². The molecule has 5 atom stereocenters. The van der Waals surface area contributed by atoms with Gasteiger partial charge in [0, 0.05) is 18.9 Å². The van der Waals surface area contributed by atoms with Gasteiger partial charge in [-0.2, -0.15) is 0 Å². The Morgan fingerprint density at radius 1 is 1.16 bits per heavy atom. The number of H-pyrrole nitrogens is 1. The van der Waals surface area contributed by atoms with Gasteiger partial charge in [-0.15, -0.1) is 0 Å². The van der Waals surface area contributed by atoms with Crippen molar-refractivity contribution in [3.8, 4) is 0 Å². The molecule has 0 bridgehead atoms. The van der Waals surface area contributed by atoms with E-state index in [9.17, 15) is 23.7 Å². The Bertz CT molecular complexity index is 1090. The maximum Gasteiger partial charge on any atom is 0.331 e. The summed E-state index contributed by atoms with van der Waals surface area (Å²) in [6.45, 7) is 7.05. The smallest absolute Gasteiger partial charge is 0.331 e. The number of carboxylic acid groups (broad SMARTS) is 1. The van der Waals surface area contributed by atoms with Crippen LogP contribution in [-0.2, 0) is 42.1 Å². The number of carbonyl (C=O) groups excluding carboxylic acids is 1. The van der Waals surface area contributed by atoms with Gasteiger partial charge in [-0.25, -0.2) is 4.79 Å². The quantitative estimate of drug-likeness (QED) is 0.168. The lowest BCUT2D eigenvalue weighted by Crippen LogP contribution is -2.43. The Labute approximate surface area is 220 Å². The maximum absolute atomic E-state index is 13.3. The van der Waals surface area contributed by atoms with Gasteiger partial charge in [-0.1, -0.05) is 6.92 Å². The van der Waals surface area contributed by atoms with Crippen LogP contribution in [0.3, 0.4) is 0 Å². The Morgan fingerprint density at radius 3 is 2.39 bits per heavy atom. The maximum atomic E-state index is 13.3. The summed E-state index contributed by atoms with van der Waals surface area (Å²) in [7, 11) is -2.08. The van der Waals surface area contributed by atoms with Gasteiger partial charge in [0.05, 0.1) is 45.4 Å². The zero-order valence-corrected chi connectivity index (χ0v) is 23.1. The van der Waals surface area contributed by atoms with Gasteiger partial charge in [0.1, 0.15) is 12.2 Å². The molecular weight excluding hydrogens is 527 g/mol. The number of aliphatic carboxylic acids is 1. The molecule has 2 rings (SSSR count). The molecule has 15 heteroatoms. The molecule has 14 nitrogen and oxygen atoms in total. The predicted octanol–water partition coefficient (Wildman–Crippen LogP) is 1.45. The molecule has 1 aliphatic heterocycles. The average Bonchev–Trinajstić information content (AvgIpc) is 3.18. The number of nitrogens with one attached hydrogen (secondary N) is 1. The Morgan fingerprint density at radius 2 is 1.82 bits per heavy atom. The zero-order valence-electron chi connectivity index (χ0n) is 22.2. The van der Waals surface area contributed by atoms with Gasteiger partial charge < -0.3 is 33.1 Å². The number of ether oxygens (including phenoxy) is 4. The highest BCUT2D eigenvalue weighted by molar-refractivity contribution is 7.53. The van der Waals surface area contributed by atoms with E-state index in [0.717, 1.165) is 4.57 Å². The SMILES string of the molecule is CCOP(=O)(C[C@H](C)[C@H]1OC(n2cc(C)c(=O)[nH]c2=O)[C@H](OCCOC)[C@@H]1OC(=O)CCC(=O)O)OCC. The Balaban J connectivity index is 2.51. The van der Waals surface area contributed by atoms with Crippen LogP contribution in [0.4, 0.5) is 0 Å². The van der Waals surface area contributed by atoms with Gasteiger partial charge in [-0.3, -0.25) is 28.5 Å². The van der Waals surface area contributed by atoms with Crippen LogP contribution in [0.25, 0.3) is 0 Å². The number of nitrogens with zero attached hydrogens (tertiary/aromatic N) is 1. The van der Waals surface area contributed by atoms with E-state index >= 15 is 0 Å². The zero-order chi connectivity index (χ0) is 28.5. The summed E-state index contributed by atoms with van der Waals surface area (Å²) in [6, 6.07) is 0. The third kappa shape index (κ3) is 8.58. The van der Waals surface area contributed by atoms with Crippen molar-refractivity contribution in [2.45, 2.75) is 65.1 Å². The minimum atomic E-state index is -3.55. The van der Waals surface area contributed by atoms with Gasteiger partial charge in [0.25, 0.3) is 5.56 Å². The molecule has 2 N–H and O–H groups in total. The van der Waals surface area contributed by atoms with Crippen molar-refractivity contribution in [3.05, 3.63) is 32.6 Å². The minimum Gasteiger partial charge on any atom is -0.481 e. The molecule has 0 spiro atoms. The van der Waals surface area contributed by atoms with Gasteiger partial charge in [-0.05, 0) is 26.7 Å². The normalized spacial score (nSPS) is 22.3. The number of methoxy groups -OCH3 is 1. The van der Waals surface area contributed by atoms with Crippen molar-refractivity contribution >= 4 is 19.5 Å².